The monoisotopic (exact) mass is 222 g/mol. The van der Waals surface area contributed by atoms with Crippen LogP contribution in [0.2, 0.25) is 0 Å². The van der Waals surface area contributed by atoms with Crippen molar-refractivity contribution in [3.05, 3.63) is 35.9 Å². The maximum atomic E-state index is 9.90. The molecule has 0 spiro atoms. The lowest BCUT2D eigenvalue weighted by Crippen LogP contribution is -2.17. The number of unbranched alkanes of at least 4 members (excludes halogenated alkanes) is 3. The third kappa shape index (κ3) is 4.33. The van der Waals surface area contributed by atoms with Crippen LogP contribution in [-0.4, -0.2) is 16.3 Å². The molecule has 0 amide bonds. The minimum Gasteiger partial charge on any atom is -0.390 e. The van der Waals surface area contributed by atoms with Gasteiger partial charge in [-0.1, -0.05) is 62.9 Å². The molecule has 0 aliphatic carbocycles. The second kappa shape index (κ2) is 7.42. The van der Waals surface area contributed by atoms with Gasteiger partial charge in [0.25, 0.3) is 0 Å². The summed E-state index contributed by atoms with van der Waals surface area (Å²) in [6.45, 7) is 2.16. The summed E-state index contributed by atoms with van der Waals surface area (Å²) in [5.41, 5.74) is 0.797. The second-order valence-electron chi connectivity index (χ2n) is 4.27. The molecule has 16 heavy (non-hydrogen) atoms. The van der Waals surface area contributed by atoms with Crippen molar-refractivity contribution in [3.8, 4) is 0 Å². The van der Waals surface area contributed by atoms with Crippen LogP contribution in [0.5, 0.6) is 0 Å². The topological polar surface area (TPSA) is 40.5 Å². The summed E-state index contributed by atoms with van der Waals surface area (Å²) in [6.07, 6.45) is 3.80. The van der Waals surface area contributed by atoms with Crippen LogP contribution in [0.3, 0.4) is 0 Å². The van der Waals surface area contributed by atoms with Crippen molar-refractivity contribution in [2.45, 2.75) is 51.2 Å². The third-order valence-corrected chi connectivity index (χ3v) is 2.86. The van der Waals surface area contributed by atoms with E-state index in [0.29, 0.717) is 6.42 Å². The SMILES string of the molecule is CCCCCCC(O)C(O)c1ccccc1. The molecule has 0 aliphatic rings. The smallest absolute Gasteiger partial charge is 0.105 e. The second-order valence-corrected chi connectivity index (χ2v) is 4.27. The summed E-state index contributed by atoms with van der Waals surface area (Å²) in [5, 5.41) is 19.7. The Morgan fingerprint density at radius 1 is 1.00 bits per heavy atom. The molecule has 0 saturated carbocycles. The molecular weight excluding hydrogens is 200 g/mol. The van der Waals surface area contributed by atoms with Gasteiger partial charge in [0.1, 0.15) is 6.10 Å². The molecule has 0 bridgehead atoms. The van der Waals surface area contributed by atoms with Gasteiger partial charge in [0.05, 0.1) is 6.10 Å². The zero-order valence-electron chi connectivity index (χ0n) is 9.97. The van der Waals surface area contributed by atoms with E-state index in [9.17, 15) is 10.2 Å². The van der Waals surface area contributed by atoms with Crippen LogP contribution in [0.15, 0.2) is 30.3 Å². The van der Waals surface area contributed by atoms with Crippen molar-refractivity contribution in [1.29, 1.82) is 0 Å². The average Bonchev–Trinajstić information content (AvgIpc) is 2.34. The number of rotatable bonds is 7. The fraction of sp³-hybridized carbons (Fsp3) is 0.571. The molecular formula is C14H22O2. The van der Waals surface area contributed by atoms with E-state index < -0.39 is 12.2 Å². The predicted octanol–water partition coefficient (Wildman–Crippen LogP) is 3.05. The van der Waals surface area contributed by atoms with Crippen LogP contribution in [0.4, 0.5) is 0 Å². The molecule has 0 fully saturated rings. The van der Waals surface area contributed by atoms with E-state index in [1.54, 1.807) is 0 Å². The summed E-state index contributed by atoms with van der Waals surface area (Å²) in [7, 11) is 0. The van der Waals surface area contributed by atoms with Crippen LogP contribution in [0, 0.1) is 0 Å². The van der Waals surface area contributed by atoms with Gasteiger partial charge < -0.3 is 10.2 Å². The minimum absolute atomic E-state index is 0.640. The highest BCUT2D eigenvalue weighted by Crippen LogP contribution is 2.20. The van der Waals surface area contributed by atoms with Crippen LogP contribution in [0.25, 0.3) is 0 Å². The van der Waals surface area contributed by atoms with E-state index in [0.717, 1.165) is 18.4 Å². The van der Waals surface area contributed by atoms with Gasteiger partial charge in [0, 0.05) is 0 Å². The molecule has 0 aromatic heterocycles. The molecule has 0 saturated heterocycles. The molecule has 1 rings (SSSR count). The number of hydrogen-bond acceptors (Lipinski definition) is 2. The average molecular weight is 222 g/mol. The van der Waals surface area contributed by atoms with Crippen molar-refractivity contribution in [3.63, 3.8) is 0 Å². The zero-order chi connectivity index (χ0) is 11.8. The molecule has 0 aliphatic heterocycles. The molecule has 1 aromatic rings. The summed E-state index contributed by atoms with van der Waals surface area (Å²) in [5.74, 6) is 0. The van der Waals surface area contributed by atoms with Crippen molar-refractivity contribution in [2.24, 2.45) is 0 Å². The van der Waals surface area contributed by atoms with E-state index in [-0.39, 0.29) is 0 Å². The molecule has 0 radical (unpaired) electrons. The lowest BCUT2D eigenvalue weighted by Gasteiger charge is -2.17. The maximum absolute atomic E-state index is 9.90. The highest BCUT2D eigenvalue weighted by molar-refractivity contribution is 5.18. The van der Waals surface area contributed by atoms with Gasteiger partial charge in [0.2, 0.25) is 0 Å². The van der Waals surface area contributed by atoms with Gasteiger partial charge in [-0.3, -0.25) is 0 Å². The molecule has 2 unspecified atom stereocenters. The number of hydrogen-bond donors (Lipinski definition) is 2. The standard InChI is InChI=1S/C14H22O2/c1-2-3-4-8-11-13(15)14(16)12-9-6-5-7-10-12/h5-7,9-10,13-16H,2-4,8,11H2,1H3. The van der Waals surface area contributed by atoms with Gasteiger partial charge in [-0.2, -0.15) is 0 Å². The Kier molecular flexibility index (Phi) is 6.12. The van der Waals surface area contributed by atoms with Gasteiger partial charge in [0.15, 0.2) is 0 Å². The highest BCUT2D eigenvalue weighted by atomic mass is 16.3. The van der Waals surface area contributed by atoms with Crippen LogP contribution in [-0.2, 0) is 0 Å². The molecule has 2 atom stereocenters. The Balaban J connectivity index is 2.33. The van der Waals surface area contributed by atoms with Crippen LogP contribution >= 0.6 is 0 Å². The van der Waals surface area contributed by atoms with Crippen LogP contribution in [0.1, 0.15) is 50.7 Å². The van der Waals surface area contributed by atoms with Gasteiger partial charge in [-0.15, -0.1) is 0 Å². The summed E-state index contributed by atoms with van der Waals surface area (Å²) < 4.78 is 0. The fourth-order valence-electron chi connectivity index (χ4n) is 1.81. The molecule has 2 heteroatoms. The van der Waals surface area contributed by atoms with Crippen molar-refractivity contribution < 1.29 is 10.2 Å². The van der Waals surface area contributed by atoms with Gasteiger partial charge in [-0.25, -0.2) is 0 Å². The summed E-state index contributed by atoms with van der Waals surface area (Å²) >= 11 is 0. The lowest BCUT2D eigenvalue weighted by atomic mass is 9.99. The molecule has 0 heterocycles. The lowest BCUT2D eigenvalue weighted by molar-refractivity contribution is 0.0120. The predicted molar refractivity (Wildman–Crippen MR) is 66.2 cm³/mol. The zero-order valence-corrected chi connectivity index (χ0v) is 9.97. The number of benzene rings is 1. The first-order valence-corrected chi connectivity index (χ1v) is 6.16. The van der Waals surface area contributed by atoms with E-state index in [4.69, 9.17) is 0 Å². The van der Waals surface area contributed by atoms with Crippen LogP contribution < -0.4 is 0 Å². The summed E-state index contributed by atoms with van der Waals surface area (Å²) in [4.78, 5) is 0. The Labute approximate surface area is 97.9 Å². The highest BCUT2D eigenvalue weighted by Gasteiger charge is 2.17. The van der Waals surface area contributed by atoms with E-state index in [1.165, 1.54) is 12.8 Å². The molecule has 1 aromatic carbocycles. The Morgan fingerprint density at radius 2 is 1.69 bits per heavy atom. The number of aliphatic hydroxyl groups is 2. The minimum atomic E-state index is -0.747. The van der Waals surface area contributed by atoms with E-state index in [1.807, 2.05) is 30.3 Å². The van der Waals surface area contributed by atoms with Crippen molar-refractivity contribution in [2.75, 3.05) is 0 Å². The maximum Gasteiger partial charge on any atom is 0.105 e. The molecule has 2 nitrogen and oxygen atoms in total. The molecule has 90 valence electrons. The van der Waals surface area contributed by atoms with Gasteiger partial charge >= 0.3 is 0 Å². The van der Waals surface area contributed by atoms with Crippen molar-refractivity contribution >= 4 is 0 Å². The first-order valence-electron chi connectivity index (χ1n) is 6.16. The summed E-state index contributed by atoms with van der Waals surface area (Å²) in [6, 6.07) is 9.36. The normalized spacial score (nSPS) is 14.7. The third-order valence-electron chi connectivity index (χ3n) is 2.86. The number of aliphatic hydroxyl groups excluding tert-OH is 2. The largest absolute Gasteiger partial charge is 0.390 e. The first-order chi connectivity index (χ1) is 7.75. The van der Waals surface area contributed by atoms with E-state index in [2.05, 4.69) is 6.92 Å². The first kappa shape index (κ1) is 13.2. The fourth-order valence-corrected chi connectivity index (χ4v) is 1.81. The Bertz CT molecular complexity index is 271. The van der Waals surface area contributed by atoms with E-state index >= 15 is 0 Å². The molecule has 2 N–H and O–H groups in total. The van der Waals surface area contributed by atoms with Crippen molar-refractivity contribution in [1.82, 2.24) is 0 Å². The van der Waals surface area contributed by atoms with Gasteiger partial charge in [-0.05, 0) is 12.0 Å². The Morgan fingerprint density at radius 3 is 2.31 bits per heavy atom. The quantitative estimate of drug-likeness (QED) is 0.696. The Hall–Kier alpha value is -0.860.